The predicted molar refractivity (Wildman–Crippen MR) is 65.6 cm³/mol. The van der Waals surface area contributed by atoms with E-state index in [0.29, 0.717) is 16.8 Å². The lowest BCUT2D eigenvalue weighted by molar-refractivity contribution is 0.381. The molecule has 1 nitrogen and oxygen atoms in total. The van der Waals surface area contributed by atoms with E-state index in [4.69, 9.17) is 5.73 Å². The van der Waals surface area contributed by atoms with Crippen LogP contribution in [-0.4, -0.2) is 0 Å². The van der Waals surface area contributed by atoms with Crippen LogP contribution >= 0.6 is 0 Å². The Morgan fingerprint density at radius 1 is 0.700 bits per heavy atom. The molecule has 0 aromatic heterocycles. The second-order valence-corrected chi connectivity index (χ2v) is 4.40. The molecule has 20 heavy (non-hydrogen) atoms. The molecule has 0 aliphatic heterocycles. The minimum absolute atomic E-state index is 0.0792. The fourth-order valence-corrected chi connectivity index (χ4v) is 1.95. The highest BCUT2D eigenvalue weighted by Gasteiger charge is 2.27. The van der Waals surface area contributed by atoms with E-state index in [0.717, 1.165) is 0 Å². The maximum absolute atomic E-state index is 13.7. The highest BCUT2D eigenvalue weighted by molar-refractivity contribution is 5.73. The van der Waals surface area contributed by atoms with Gasteiger partial charge in [-0.25, -0.2) is 22.0 Å². The lowest BCUT2D eigenvalue weighted by Gasteiger charge is -2.14. The molecule has 0 atom stereocenters. The number of halogens is 5. The average Bonchev–Trinajstić information content (AvgIpc) is 2.43. The Hall–Kier alpha value is -2.11. The summed E-state index contributed by atoms with van der Waals surface area (Å²) in [7, 11) is 0. The number of rotatable bonds is 1. The van der Waals surface area contributed by atoms with Crippen molar-refractivity contribution in [2.24, 2.45) is 0 Å². The van der Waals surface area contributed by atoms with E-state index in [1.807, 2.05) is 0 Å². The third-order valence-corrected chi connectivity index (χ3v) is 3.31. The van der Waals surface area contributed by atoms with Crippen molar-refractivity contribution in [2.45, 2.75) is 13.8 Å². The summed E-state index contributed by atoms with van der Waals surface area (Å²) in [5.41, 5.74) is 5.86. The van der Waals surface area contributed by atoms with E-state index in [2.05, 4.69) is 0 Å². The quantitative estimate of drug-likeness (QED) is 0.361. The number of anilines is 1. The third-order valence-electron chi connectivity index (χ3n) is 3.31. The van der Waals surface area contributed by atoms with Crippen molar-refractivity contribution in [3.8, 4) is 11.1 Å². The summed E-state index contributed by atoms with van der Waals surface area (Å²) in [6, 6.07) is 2.59. The molecule has 0 aliphatic carbocycles. The summed E-state index contributed by atoms with van der Waals surface area (Å²) in [5.74, 6) is -9.81. The lowest BCUT2D eigenvalue weighted by atomic mass is 9.95. The molecule has 0 heterocycles. The van der Waals surface area contributed by atoms with Gasteiger partial charge in [0.05, 0.1) is 5.56 Å². The van der Waals surface area contributed by atoms with Crippen LogP contribution in [0.25, 0.3) is 11.1 Å². The molecule has 2 aromatic rings. The van der Waals surface area contributed by atoms with E-state index in [1.54, 1.807) is 6.92 Å². The van der Waals surface area contributed by atoms with Gasteiger partial charge in [-0.1, -0.05) is 6.07 Å². The number of benzene rings is 2. The van der Waals surface area contributed by atoms with Gasteiger partial charge in [-0.05, 0) is 36.6 Å². The summed E-state index contributed by atoms with van der Waals surface area (Å²) >= 11 is 0. The van der Waals surface area contributed by atoms with Crippen LogP contribution in [0, 0.1) is 42.9 Å². The van der Waals surface area contributed by atoms with Crippen molar-refractivity contribution in [1.29, 1.82) is 0 Å². The van der Waals surface area contributed by atoms with Crippen LogP contribution in [0.4, 0.5) is 27.6 Å². The van der Waals surface area contributed by atoms with E-state index in [1.165, 1.54) is 19.1 Å². The first-order valence-corrected chi connectivity index (χ1v) is 5.64. The highest BCUT2D eigenvalue weighted by Crippen LogP contribution is 2.35. The van der Waals surface area contributed by atoms with Gasteiger partial charge >= 0.3 is 0 Å². The van der Waals surface area contributed by atoms with Crippen molar-refractivity contribution in [1.82, 2.24) is 0 Å². The number of nitrogen functional groups attached to an aromatic ring is 1. The Morgan fingerprint density at radius 3 is 1.65 bits per heavy atom. The molecule has 0 unspecified atom stereocenters. The van der Waals surface area contributed by atoms with Crippen molar-refractivity contribution in [3.05, 3.63) is 52.3 Å². The molecule has 0 spiro atoms. The predicted octanol–water partition coefficient (Wildman–Crippen LogP) is 4.25. The van der Waals surface area contributed by atoms with Gasteiger partial charge < -0.3 is 5.73 Å². The first-order chi connectivity index (χ1) is 9.27. The molecule has 0 fully saturated rings. The van der Waals surface area contributed by atoms with Gasteiger partial charge in [-0.15, -0.1) is 0 Å². The molecule has 106 valence electrons. The van der Waals surface area contributed by atoms with E-state index in [-0.39, 0.29) is 5.56 Å². The van der Waals surface area contributed by atoms with Crippen LogP contribution in [0.3, 0.4) is 0 Å². The van der Waals surface area contributed by atoms with Crippen molar-refractivity contribution in [2.75, 3.05) is 5.73 Å². The Bertz CT molecular complexity index is 680. The Labute approximate surface area is 111 Å². The van der Waals surface area contributed by atoms with Gasteiger partial charge in [0.1, 0.15) is 0 Å². The fourth-order valence-electron chi connectivity index (χ4n) is 1.95. The molecule has 0 amide bonds. The number of hydrogen-bond acceptors (Lipinski definition) is 1. The van der Waals surface area contributed by atoms with Crippen LogP contribution in [0.1, 0.15) is 11.1 Å². The lowest BCUT2D eigenvalue weighted by Crippen LogP contribution is -2.05. The zero-order chi connectivity index (χ0) is 15.2. The smallest absolute Gasteiger partial charge is 0.200 e. The van der Waals surface area contributed by atoms with E-state index in [9.17, 15) is 22.0 Å². The zero-order valence-electron chi connectivity index (χ0n) is 10.6. The van der Waals surface area contributed by atoms with Crippen molar-refractivity contribution < 1.29 is 22.0 Å². The first-order valence-electron chi connectivity index (χ1n) is 5.64. The molecule has 2 aromatic carbocycles. The van der Waals surface area contributed by atoms with Crippen LogP contribution in [0.15, 0.2) is 12.1 Å². The molecular weight excluding hydrogens is 277 g/mol. The summed E-state index contributed by atoms with van der Waals surface area (Å²) in [4.78, 5) is 0. The van der Waals surface area contributed by atoms with E-state index < -0.39 is 34.6 Å². The number of nitrogens with two attached hydrogens (primary N) is 1. The normalized spacial score (nSPS) is 10.9. The topological polar surface area (TPSA) is 26.0 Å². The van der Waals surface area contributed by atoms with Gasteiger partial charge in [0.15, 0.2) is 23.3 Å². The second kappa shape index (κ2) is 4.77. The monoisotopic (exact) mass is 287 g/mol. The van der Waals surface area contributed by atoms with Gasteiger partial charge in [-0.3, -0.25) is 0 Å². The Balaban J connectivity index is 2.87. The maximum atomic E-state index is 13.7. The largest absolute Gasteiger partial charge is 0.399 e. The van der Waals surface area contributed by atoms with Crippen molar-refractivity contribution in [3.63, 3.8) is 0 Å². The SMILES string of the molecule is Cc1c(N)ccc(-c2c(F)c(F)c(F)c(F)c2F)c1C. The van der Waals surface area contributed by atoms with Crippen LogP contribution in [0.5, 0.6) is 0 Å². The van der Waals surface area contributed by atoms with Gasteiger partial charge in [-0.2, -0.15) is 0 Å². The van der Waals surface area contributed by atoms with Crippen LogP contribution in [0.2, 0.25) is 0 Å². The highest BCUT2D eigenvalue weighted by atomic mass is 19.2. The van der Waals surface area contributed by atoms with Gasteiger partial charge in [0, 0.05) is 5.69 Å². The molecule has 0 saturated heterocycles. The molecule has 0 saturated carbocycles. The Morgan fingerprint density at radius 2 is 1.15 bits per heavy atom. The fraction of sp³-hybridized carbons (Fsp3) is 0.143. The molecular formula is C14H10F5N. The molecule has 6 heteroatoms. The van der Waals surface area contributed by atoms with Gasteiger partial charge in [0.25, 0.3) is 0 Å². The number of hydrogen-bond donors (Lipinski definition) is 1. The second-order valence-electron chi connectivity index (χ2n) is 4.40. The average molecular weight is 287 g/mol. The molecule has 0 bridgehead atoms. The van der Waals surface area contributed by atoms with Gasteiger partial charge in [0.2, 0.25) is 5.82 Å². The standard InChI is InChI=1S/C14H10F5N/c1-5-6(2)8(20)4-3-7(5)9-10(15)12(17)14(19)13(18)11(9)16/h3-4H,20H2,1-2H3. The molecule has 2 rings (SSSR count). The van der Waals surface area contributed by atoms with Crippen molar-refractivity contribution >= 4 is 5.69 Å². The summed E-state index contributed by atoms with van der Waals surface area (Å²) in [6.45, 7) is 3.10. The summed E-state index contributed by atoms with van der Waals surface area (Å²) < 4.78 is 66.9. The van der Waals surface area contributed by atoms with Crippen LogP contribution < -0.4 is 5.73 Å². The third kappa shape index (κ3) is 1.92. The molecule has 2 N–H and O–H groups in total. The summed E-state index contributed by atoms with van der Waals surface area (Å²) in [6.07, 6.45) is 0. The Kier molecular flexibility index (Phi) is 3.41. The summed E-state index contributed by atoms with van der Waals surface area (Å²) in [5, 5.41) is 0. The zero-order valence-corrected chi connectivity index (χ0v) is 10.6. The minimum atomic E-state index is -2.17. The van der Waals surface area contributed by atoms with E-state index >= 15 is 0 Å². The molecule has 0 radical (unpaired) electrons. The minimum Gasteiger partial charge on any atom is -0.399 e. The first kappa shape index (κ1) is 14.3. The maximum Gasteiger partial charge on any atom is 0.200 e. The van der Waals surface area contributed by atoms with Crippen LogP contribution in [-0.2, 0) is 0 Å². The molecule has 0 aliphatic rings.